The molecule has 7 heteroatoms. The third kappa shape index (κ3) is 3.41. The second kappa shape index (κ2) is 5.70. The number of sulfone groups is 1. The molecule has 6 nitrogen and oxygen atoms in total. The topological polar surface area (TPSA) is 75.7 Å². The molecule has 0 radical (unpaired) electrons. The summed E-state index contributed by atoms with van der Waals surface area (Å²) in [5.41, 5.74) is 0.613. The van der Waals surface area contributed by atoms with E-state index >= 15 is 0 Å². The van der Waals surface area contributed by atoms with Crippen molar-refractivity contribution in [3.63, 3.8) is 0 Å². The number of urea groups is 1. The van der Waals surface area contributed by atoms with Crippen molar-refractivity contribution in [1.82, 2.24) is 4.90 Å². The predicted molar refractivity (Wildman–Crippen MR) is 76.8 cm³/mol. The van der Waals surface area contributed by atoms with Crippen molar-refractivity contribution in [2.24, 2.45) is 0 Å². The monoisotopic (exact) mass is 298 g/mol. The summed E-state index contributed by atoms with van der Waals surface area (Å²) in [5, 5.41) is 2.73. The summed E-state index contributed by atoms with van der Waals surface area (Å²) in [5.74, 6) is 0.831. The van der Waals surface area contributed by atoms with E-state index in [1.54, 1.807) is 38.4 Å². The van der Waals surface area contributed by atoms with Crippen molar-refractivity contribution in [3.05, 3.63) is 24.3 Å². The Morgan fingerprint density at radius 2 is 2.20 bits per heavy atom. The van der Waals surface area contributed by atoms with Crippen molar-refractivity contribution in [3.8, 4) is 5.75 Å². The number of carbonyl (C=O) groups is 1. The van der Waals surface area contributed by atoms with Crippen molar-refractivity contribution in [2.45, 2.75) is 12.5 Å². The Morgan fingerprint density at radius 3 is 2.80 bits per heavy atom. The summed E-state index contributed by atoms with van der Waals surface area (Å²) in [4.78, 5) is 13.5. The molecule has 1 heterocycles. The van der Waals surface area contributed by atoms with E-state index in [4.69, 9.17) is 4.74 Å². The van der Waals surface area contributed by atoms with Gasteiger partial charge in [0.15, 0.2) is 9.84 Å². The normalized spacial score (nSPS) is 20.4. The molecule has 0 aromatic heterocycles. The van der Waals surface area contributed by atoms with Gasteiger partial charge in [0.1, 0.15) is 5.75 Å². The van der Waals surface area contributed by atoms with Crippen molar-refractivity contribution in [1.29, 1.82) is 0 Å². The van der Waals surface area contributed by atoms with Crippen LogP contribution in [0.15, 0.2) is 24.3 Å². The standard InChI is InChI=1S/C13H18N2O4S/c1-15(11-6-7-20(17,18)9-11)13(16)14-10-4-3-5-12(8-10)19-2/h3-5,8,11H,6-7,9H2,1-2H3,(H,14,16). The Balaban J connectivity index is 2.01. The van der Waals surface area contributed by atoms with Crippen LogP contribution in [0.25, 0.3) is 0 Å². The molecule has 110 valence electrons. The van der Waals surface area contributed by atoms with Gasteiger partial charge in [-0.2, -0.15) is 0 Å². The van der Waals surface area contributed by atoms with E-state index in [0.717, 1.165) is 0 Å². The van der Waals surface area contributed by atoms with Crippen LogP contribution in [0.1, 0.15) is 6.42 Å². The molecule has 1 saturated heterocycles. The van der Waals surface area contributed by atoms with Gasteiger partial charge in [0, 0.05) is 24.8 Å². The molecular weight excluding hydrogens is 280 g/mol. The molecule has 2 amide bonds. The predicted octanol–water partition coefficient (Wildman–Crippen LogP) is 1.35. The number of anilines is 1. The Morgan fingerprint density at radius 1 is 1.45 bits per heavy atom. The largest absolute Gasteiger partial charge is 0.497 e. The van der Waals surface area contributed by atoms with Crippen LogP contribution in [0, 0.1) is 0 Å². The summed E-state index contributed by atoms with van der Waals surface area (Å²) in [7, 11) is 0.165. The minimum atomic E-state index is -3.00. The highest BCUT2D eigenvalue weighted by Gasteiger charge is 2.32. The first kappa shape index (κ1) is 14.6. The van der Waals surface area contributed by atoms with Gasteiger partial charge in [0.25, 0.3) is 0 Å². The highest BCUT2D eigenvalue weighted by molar-refractivity contribution is 7.91. The second-order valence-corrected chi connectivity index (χ2v) is 7.06. The van der Waals surface area contributed by atoms with Gasteiger partial charge in [-0.1, -0.05) is 6.07 Å². The maximum Gasteiger partial charge on any atom is 0.321 e. The Kier molecular flexibility index (Phi) is 4.17. The van der Waals surface area contributed by atoms with E-state index in [9.17, 15) is 13.2 Å². The van der Waals surface area contributed by atoms with Crippen LogP contribution in [0.3, 0.4) is 0 Å². The zero-order valence-electron chi connectivity index (χ0n) is 11.5. The number of carbonyl (C=O) groups excluding carboxylic acids is 1. The molecule has 1 fully saturated rings. The lowest BCUT2D eigenvalue weighted by Crippen LogP contribution is -2.40. The van der Waals surface area contributed by atoms with Gasteiger partial charge in [-0.15, -0.1) is 0 Å². The van der Waals surface area contributed by atoms with Crippen LogP contribution in [0.4, 0.5) is 10.5 Å². The van der Waals surface area contributed by atoms with E-state index in [1.807, 2.05) is 0 Å². The zero-order valence-corrected chi connectivity index (χ0v) is 12.3. The summed E-state index contributed by atoms with van der Waals surface area (Å²) in [6.07, 6.45) is 0.490. The number of hydrogen-bond acceptors (Lipinski definition) is 4. The van der Waals surface area contributed by atoms with Crippen LogP contribution in [0.2, 0.25) is 0 Å². The fourth-order valence-corrected chi connectivity index (χ4v) is 3.93. The minimum Gasteiger partial charge on any atom is -0.497 e. The number of amides is 2. The molecule has 1 aliphatic heterocycles. The van der Waals surface area contributed by atoms with Crippen LogP contribution in [0.5, 0.6) is 5.75 Å². The van der Waals surface area contributed by atoms with E-state index in [0.29, 0.717) is 17.9 Å². The van der Waals surface area contributed by atoms with Gasteiger partial charge in [0.2, 0.25) is 0 Å². The molecule has 0 bridgehead atoms. The molecule has 1 atom stereocenters. The lowest BCUT2D eigenvalue weighted by molar-refractivity contribution is 0.209. The quantitative estimate of drug-likeness (QED) is 0.914. The summed E-state index contributed by atoms with van der Waals surface area (Å²) in [6, 6.07) is 6.43. The van der Waals surface area contributed by atoms with Crippen molar-refractivity contribution in [2.75, 3.05) is 31.0 Å². The zero-order chi connectivity index (χ0) is 14.8. The molecule has 1 aromatic carbocycles. The van der Waals surface area contributed by atoms with Crippen LogP contribution in [-0.4, -0.2) is 51.1 Å². The molecule has 1 unspecified atom stereocenters. The number of methoxy groups -OCH3 is 1. The first-order valence-corrected chi connectivity index (χ1v) is 8.12. The smallest absolute Gasteiger partial charge is 0.321 e. The van der Waals surface area contributed by atoms with Gasteiger partial charge in [-0.05, 0) is 18.6 Å². The van der Waals surface area contributed by atoms with Gasteiger partial charge in [0.05, 0.1) is 18.6 Å². The third-order valence-corrected chi connectivity index (χ3v) is 5.15. The second-order valence-electron chi connectivity index (χ2n) is 4.83. The lowest BCUT2D eigenvalue weighted by atomic mass is 10.2. The molecule has 20 heavy (non-hydrogen) atoms. The number of hydrogen-bond donors (Lipinski definition) is 1. The van der Waals surface area contributed by atoms with Gasteiger partial charge < -0.3 is 15.0 Å². The van der Waals surface area contributed by atoms with Crippen LogP contribution in [-0.2, 0) is 9.84 Å². The Labute approximate surface area is 118 Å². The molecule has 1 aromatic rings. The minimum absolute atomic E-state index is 0.0367. The van der Waals surface area contributed by atoms with E-state index in [2.05, 4.69) is 5.32 Å². The fraction of sp³-hybridized carbons (Fsp3) is 0.462. The van der Waals surface area contributed by atoms with Crippen molar-refractivity contribution < 1.29 is 17.9 Å². The van der Waals surface area contributed by atoms with Gasteiger partial charge in [-0.3, -0.25) is 0 Å². The average molecular weight is 298 g/mol. The van der Waals surface area contributed by atoms with E-state index in [-0.39, 0.29) is 23.6 Å². The van der Waals surface area contributed by atoms with Crippen molar-refractivity contribution >= 4 is 21.6 Å². The maximum atomic E-state index is 12.1. The maximum absolute atomic E-state index is 12.1. The molecule has 2 rings (SSSR count). The fourth-order valence-electron chi connectivity index (χ4n) is 2.16. The molecule has 1 N–H and O–H groups in total. The summed E-state index contributed by atoms with van der Waals surface area (Å²) < 4.78 is 27.9. The van der Waals surface area contributed by atoms with Gasteiger partial charge >= 0.3 is 6.03 Å². The highest BCUT2D eigenvalue weighted by Crippen LogP contribution is 2.20. The highest BCUT2D eigenvalue weighted by atomic mass is 32.2. The first-order chi connectivity index (χ1) is 9.41. The molecule has 0 spiro atoms. The Hall–Kier alpha value is -1.76. The number of benzene rings is 1. The van der Waals surface area contributed by atoms with Crippen LogP contribution < -0.4 is 10.1 Å². The Bertz CT molecular complexity index is 600. The molecule has 1 aliphatic rings. The average Bonchev–Trinajstić information content (AvgIpc) is 2.78. The number of nitrogens with zero attached hydrogens (tertiary/aromatic N) is 1. The third-order valence-electron chi connectivity index (χ3n) is 3.40. The van der Waals surface area contributed by atoms with E-state index < -0.39 is 9.84 Å². The summed E-state index contributed by atoms with van der Waals surface area (Å²) in [6.45, 7) is 0. The lowest BCUT2D eigenvalue weighted by Gasteiger charge is -2.23. The summed E-state index contributed by atoms with van der Waals surface area (Å²) >= 11 is 0. The van der Waals surface area contributed by atoms with Gasteiger partial charge in [-0.25, -0.2) is 13.2 Å². The number of nitrogens with one attached hydrogen (secondary N) is 1. The SMILES string of the molecule is COc1cccc(NC(=O)N(C)C2CCS(=O)(=O)C2)c1. The molecule has 0 aliphatic carbocycles. The first-order valence-electron chi connectivity index (χ1n) is 6.29. The molecular formula is C13H18N2O4S. The number of rotatable bonds is 3. The van der Waals surface area contributed by atoms with Crippen LogP contribution >= 0.6 is 0 Å². The van der Waals surface area contributed by atoms with E-state index in [1.165, 1.54) is 4.90 Å². The molecule has 0 saturated carbocycles. The number of ether oxygens (including phenoxy) is 1.